The Labute approximate surface area is 151 Å². The molecule has 0 radical (unpaired) electrons. The number of anilines is 1. The van der Waals surface area contributed by atoms with Crippen LogP contribution in [-0.4, -0.2) is 30.2 Å². The second-order valence-electron chi connectivity index (χ2n) is 5.59. The summed E-state index contributed by atoms with van der Waals surface area (Å²) < 4.78 is 28.6. The number of hydrogen-bond donors (Lipinski definition) is 1. The molecule has 3 rings (SSSR count). The number of halogens is 1. The molecule has 27 heavy (non-hydrogen) atoms. The first-order valence-corrected chi connectivity index (χ1v) is 7.66. The normalized spacial score (nSPS) is 11.8. The average molecular weight is 376 g/mol. The molecule has 1 amide bonds. The third-order valence-corrected chi connectivity index (χ3v) is 3.64. The van der Waals surface area contributed by atoms with Crippen LogP contribution in [0.2, 0.25) is 0 Å². The summed E-state index contributed by atoms with van der Waals surface area (Å²) >= 11 is 0. The zero-order chi connectivity index (χ0) is 19.6. The third-order valence-electron chi connectivity index (χ3n) is 3.64. The van der Waals surface area contributed by atoms with Crippen molar-refractivity contribution in [2.75, 3.05) is 18.7 Å². The number of benzene rings is 2. The zero-order valence-electron chi connectivity index (χ0n) is 14.0. The van der Waals surface area contributed by atoms with Crippen molar-refractivity contribution >= 4 is 23.3 Å². The molecule has 0 spiro atoms. The van der Waals surface area contributed by atoms with Crippen LogP contribution in [0.15, 0.2) is 30.3 Å². The van der Waals surface area contributed by atoms with E-state index in [1.54, 1.807) is 13.0 Å². The minimum absolute atomic E-state index is 0.0734. The molecule has 0 unspecified atom stereocenters. The Morgan fingerprint density at radius 2 is 1.96 bits per heavy atom. The molecule has 0 saturated heterocycles. The number of nitrogens with zero attached hydrogens (tertiary/aromatic N) is 1. The van der Waals surface area contributed by atoms with Crippen LogP contribution in [0.4, 0.5) is 15.8 Å². The molecule has 1 N–H and O–H groups in total. The van der Waals surface area contributed by atoms with E-state index < -0.39 is 40.5 Å². The van der Waals surface area contributed by atoms with Crippen LogP contribution in [0.5, 0.6) is 11.5 Å². The van der Waals surface area contributed by atoms with Gasteiger partial charge in [0.05, 0.1) is 16.7 Å². The second-order valence-corrected chi connectivity index (χ2v) is 5.59. The van der Waals surface area contributed by atoms with Gasteiger partial charge in [-0.05, 0) is 24.6 Å². The molecule has 0 aliphatic carbocycles. The number of esters is 1. The molecule has 0 saturated carbocycles. The van der Waals surface area contributed by atoms with Crippen LogP contribution in [-0.2, 0) is 9.53 Å². The van der Waals surface area contributed by atoms with E-state index in [1.165, 1.54) is 12.1 Å². The number of carbonyl (C=O) groups is 2. The third kappa shape index (κ3) is 3.94. The fourth-order valence-corrected chi connectivity index (χ4v) is 2.36. The van der Waals surface area contributed by atoms with Gasteiger partial charge < -0.3 is 19.5 Å². The predicted molar refractivity (Wildman–Crippen MR) is 89.3 cm³/mol. The molecule has 0 fully saturated rings. The first-order chi connectivity index (χ1) is 12.8. The summed E-state index contributed by atoms with van der Waals surface area (Å²) in [5, 5.41) is 13.4. The van der Waals surface area contributed by atoms with Crippen LogP contribution < -0.4 is 14.8 Å². The van der Waals surface area contributed by atoms with E-state index in [0.29, 0.717) is 5.56 Å². The van der Waals surface area contributed by atoms with Gasteiger partial charge in [-0.25, -0.2) is 9.18 Å². The largest absolute Gasteiger partial charge is 0.454 e. The highest BCUT2D eigenvalue weighted by Gasteiger charge is 2.28. The summed E-state index contributed by atoms with van der Waals surface area (Å²) in [7, 11) is 0. The number of fused-ring (bicyclic) bond motifs is 1. The molecule has 140 valence electrons. The molecule has 2 aromatic carbocycles. The SMILES string of the molecule is Cc1ccc(NC(=O)COC(=O)c2cc3c(cc2[N+](=O)[O-])OCO3)c(F)c1. The second kappa shape index (κ2) is 7.28. The smallest absolute Gasteiger partial charge is 0.345 e. The van der Waals surface area contributed by atoms with Gasteiger partial charge in [0.15, 0.2) is 18.1 Å². The van der Waals surface area contributed by atoms with Gasteiger partial charge in [0.2, 0.25) is 6.79 Å². The van der Waals surface area contributed by atoms with E-state index in [9.17, 15) is 24.1 Å². The topological polar surface area (TPSA) is 117 Å². The molecule has 9 nitrogen and oxygen atoms in total. The molecule has 2 aromatic rings. The fraction of sp³-hybridized carbons (Fsp3) is 0.176. The van der Waals surface area contributed by atoms with Crippen molar-refractivity contribution in [3.63, 3.8) is 0 Å². The van der Waals surface area contributed by atoms with Crippen molar-refractivity contribution in [2.45, 2.75) is 6.92 Å². The Kier molecular flexibility index (Phi) is 4.88. The van der Waals surface area contributed by atoms with Crippen molar-refractivity contribution in [3.8, 4) is 11.5 Å². The van der Waals surface area contributed by atoms with E-state index in [2.05, 4.69) is 5.32 Å². The van der Waals surface area contributed by atoms with Crippen LogP contribution in [0, 0.1) is 22.9 Å². The maximum atomic E-state index is 13.7. The number of nitrogens with one attached hydrogen (secondary N) is 1. The van der Waals surface area contributed by atoms with Crippen molar-refractivity contribution in [3.05, 3.63) is 57.4 Å². The van der Waals surface area contributed by atoms with Gasteiger partial charge in [-0.1, -0.05) is 6.07 Å². The quantitative estimate of drug-likeness (QED) is 0.484. The number of amides is 1. The van der Waals surface area contributed by atoms with E-state index in [4.69, 9.17) is 14.2 Å². The molecule has 1 aliphatic rings. The average Bonchev–Trinajstić information content (AvgIpc) is 3.08. The lowest BCUT2D eigenvalue weighted by Crippen LogP contribution is -2.21. The number of hydrogen-bond acceptors (Lipinski definition) is 7. The van der Waals surface area contributed by atoms with Gasteiger partial charge >= 0.3 is 5.97 Å². The van der Waals surface area contributed by atoms with Gasteiger partial charge in [0.1, 0.15) is 11.4 Å². The van der Waals surface area contributed by atoms with E-state index in [-0.39, 0.29) is 24.0 Å². The molecular weight excluding hydrogens is 363 g/mol. The van der Waals surface area contributed by atoms with Gasteiger partial charge in [-0.2, -0.15) is 0 Å². The number of rotatable bonds is 5. The van der Waals surface area contributed by atoms with Crippen LogP contribution >= 0.6 is 0 Å². The van der Waals surface area contributed by atoms with Gasteiger partial charge in [-0.3, -0.25) is 14.9 Å². The molecule has 0 aromatic heterocycles. The van der Waals surface area contributed by atoms with Crippen LogP contribution in [0.1, 0.15) is 15.9 Å². The zero-order valence-corrected chi connectivity index (χ0v) is 14.0. The number of carbonyl (C=O) groups excluding carboxylic acids is 2. The molecule has 1 heterocycles. The Bertz CT molecular complexity index is 945. The van der Waals surface area contributed by atoms with E-state index >= 15 is 0 Å². The summed E-state index contributed by atoms with van der Waals surface area (Å²) in [5.41, 5.74) is -0.337. The minimum Gasteiger partial charge on any atom is -0.454 e. The Morgan fingerprint density at radius 3 is 2.63 bits per heavy atom. The lowest BCUT2D eigenvalue weighted by molar-refractivity contribution is -0.385. The summed E-state index contributed by atoms with van der Waals surface area (Å²) in [4.78, 5) is 34.4. The number of nitro groups is 1. The van der Waals surface area contributed by atoms with Crippen molar-refractivity contribution in [1.29, 1.82) is 0 Å². The van der Waals surface area contributed by atoms with Crippen LogP contribution in [0.25, 0.3) is 0 Å². The minimum atomic E-state index is -1.10. The summed E-state index contributed by atoms with van der Waals surface area (Å²) in [6.45, 7) is 0.808. The van der Waals surface area contributed by atoms with Crippen molar-refractivity contribution < 1.29 is 33.1 Å². The summed E-state index contributed by atoms with van der Waals surface area (Å²) in [6, 6.07) is 6.35. The van der Waals surface area contributed by atoms with Crippen molar-refractivity contribution in [1.82, 2.24) is 0 Å². The first kappa shape index (κ1) is 18.1. The van der Waals surface area contributed by atoms with E-state index in [0.717, 1.165) is 12.1 Å². The lowest BCUT2D eigenvalue weighted by Gasteiger charge is -2.08. The standard InChI is InChI=1S/C17H13FN2O7/c1-9-2-3-12(11(18)4-9)19-16(21)7-25-17(22)10-5-14-15(27-8-26-14)6-13(10)20(23)24/h2-6H,7-8H2,1H3,(H,19,21). The molecular formula is C17H13FN2O7. The van der Waals surface area contributed by atoms with Gasteiger partial charge in [0.25, 0.3) is 11.6 Å². The Balaban J connectivity index is 1.69. The van der Waals surface area contributed by atoms with Crippen molar-refractivity contribution in [2.24, 2.45) is 0 Å². The van der Waals surface area contributed by atoms with Crippen LogP contribution in [0.3, 0.4) is 0 Å². The molecule has 0 atom stereocenters. The summed E-state index contributed by atoms with van der Waals surface area (Å²) in [5.74, 6) is -2.25. The van der Waals surface area contributed by atoms with Gasteiger partial charge in [0, 0.05) is 6.07 Å². The predicted octanol–water partition coefficient (Wildman–Crippen LogP) is 2.57. The van der Waals surface area contributed by atoms with E-state index in [1.807, 2.05) is 0 Å². The highest BCUT2D eigenvalue weighted by atomic mass is 19.1. The number of nitro benzene ring substituents is 1. The highest BCUT2D eigenvalue weighted by molar-refractivity contribution is 5.98. The molecule has 0 bridgehead atoms. The maximum absolute atomic E-state index is 13.7. The highest BCUT2D eigenvalue weighted by Crippen LogP contribution is 2.38. The Hall–Kier alpha value is -3.69. The first-order valence-electron chi connectivity index (χ1n) is 7.66. The fourth-order valence-electron chi connectivity index (χ4n) is 2.36. The molecule has 1 aliphatic heterocycles. The summed E-state index contributed by atoms with van der Waals surface area (Å²) in [6.07, 6.45) is 0. The number of aryl methyl sites for hydroxylation is 1. The molecule has 10 heteroatoms. The monoisotopic (exact) mass is 376 g/mol. The van der Waals surface area contributed by atoms with Gasteiger partial charge in [-0.15, -0.1) is 0 Å². The number of ether oxygens (including phenoxy) is 3. The maximum Gasteiger partial charge on any atom is 0.345 e. The lowest BCUT2D eigenvalue weighted by atomic mass is 10.1. The Morgan fingerprint density at radius 1 is 1.26 bits per heavy atom.